The van der Waals surface area contributed by atoms with E-state index in [1.807, 2.05) is 38.2 Å². The lowest BCUT2D eigenvalue weighted by atomic mass is 9.52. The SMILES string of the molecule is COC(=O)/C(C(=O)[C@H](N)CO)=C(/O)[C@]1(C)[C@H](/C=C/C=C/C[C@H](C)O)C(C)=C[C@@H]2C[C@@H](C)CC[C@H]21. The Morgan fingerprint density at radius 3 is 2.59 bits per heavy atom. The number of hydrogen-bond acceptors (Lipinski definition) is 7. The number of aliphatic hydroxyl groups is 3. The second kappa shape index (κ2) is 12.0. The summed E-state index contributed by atoms with van der Waals surface area (Å²) in [7, 11) is 1.15. The number of rotatable bonds is 9. The van der Waals surface area contributed by atoms with Crippen LogP contribution in [0.2, 0.25) is 0 Å². The Hall–Kier alpha value is -2.22. The summed E-state index contributed by atoms with van der Waals surface area (Å²) in [4.78, 5) is 25.7. The molecule has 0 amide bonds. The molecule has 0 spiro atoms. The number of carbonyl (C=O) groups is 2. The van der Waals surface area contributed by atoms with Crippen molar-refractivity contribution in [3.05, 3.63) is 47.3 Å². The fourth-order valence-electron chi connectivity index (χ4n) is 5.66. The number of allylic oxidation sites excluding steroid dienone is 6. The number of esters is 1. The van der Waals surface area contributed by atoms with Gasteiger partial charge in [0.05, 0.1) is 25.9 Å². The van der Waals surface area contributed by atoms with Crippen molar-refractivity contribution in [2.45, 2.75) is 65.5 Å². The zero-order valence-corrected chi connectivity index (χ0v) is 21.0. The van der Waals surface area contributed by atoms with Crippen LogP contribution in [0.25, 0.3) is 0 Å². The van der Waals surface area contributed by atoms with Crippen molar-refractivity contribution >= 4 is 11.8 Å². The van der Waals surface area contributed by atoms with E-state index in [0.717, 1.165) is 31.9 Å². The van der Waals surface area contributed by atoms with Crippen molar-refractivity contribution in [3.63, 3.8) is 0 Å². The number of nitrogens with two attached hydrogens (primary N) is 1. The van der Waals surface area contributed by atoms with Crippen LogP contribution in [0.1, 0.15) is 53.4 Å². The lowest BCUT2D eigenvalue weighted by molar-refractivity contribution is -0.138. The molecule has 0 bridgehead atoms. The van der Waals surface area contributed by atoms with Gasteiger partial charge >= 0.3 is 5.97 Å². The molecular formula is C27H41NO6. The summed E-state index contributed by atoms with van der Waals surface area (Å²) >= 11 is 0. The van der Waals surface area contributed by atoms with Crippen LogP contribution in [-0.4, -0.2) is 52.9 Å². The summed E-state index contributed by atoms with van der Waals surface area (Å²) in [6.07, 6.45) is 12.7. The molecule has 7 heteroatoms. The molecule has 1 fully saturated rings. The van der Waals surface area contributed by atoms with Crippen LogP contribution in [-0.2, 0) is 14.3 Å². The molecule has 190 valence electrons. The second-order valence-electron chi connectivity index (χ2n) is 10.1. The Morgan fingerprint density at radius 1 is 1.32 bits per heavy atom. The number of hydrogen-bond donors (Lipinski definition) is 4. The van der Waals surface area contributed by atoms with Crippen LogP contribution >= 0.6 is 0 Å². The number of carbonyl (C=O) groups excluding carboxylic acids is 2. The lowest BCUT2D eigenvalue weighted by Crippen LogP contribution is -2.48. The molecule has 0 aliphatic heterocycles. The first-order valence-corrected chi connectivity index (χ1v) is 12.1. The van der Waals surface area contributed by atoms with E-state index in [1.54, 1.807) is 6.92 Å². The van der Waals surface area contributed by atoms with Crippen molar-refractivity contribution in [3.8, 4) is 0 Å². The summed E-state index contributed by atoms with van der Waals surface area (Å²) in [5.74, 6) is -1.65. The Kier molecular flexibility index (Phi) is 9.85. The highest BCUT2D eigenvalue weighted by molar-refractivity contribution is 6.19. The van der Waals surface area contributed by atoms with Gasteiger partial charge in [-0.05, 0) is 50.9 Å². The van der Waals surface area contributed by atoms with E-state index in [0.29, 0.717) is 12.3 Å². The highest BCUT2D eigenvalue weighted by Gasteiger charge is 2.53. The van der Waals surface area contributed by atoms with Gasteiger partial charge in [0, 0.05) is 11.3 Å². The predicted molar refractivity (Wildman–Crippen MR) is 132 cm³/mol. The predicted octanol–water partition coefficient (Wildman–Crippen LogP) is 3.38. The average molecular weight is 476 g/mol. The summed E-state index contributed by atoms with van der Waals surface area (Å²) in [6.45, 7) is 7.20. The Bertz CT molecular complexity index is 870. The first kappa shape index (κ1) is 28.0. The van der Waals surface area contributed by atoms with Gasteiger partial charge in [0.15, 0.2) is 5.78 Å². The van der Waals surface area contributed by atoms with Crippen LogP contribution in [0.4, 0.5) is 0 Å². The Balaban J connectivity index is 2.68. The number of ketones is 1. The third-order valence-electron chi connectivity index (χ3n) is 7.49. The van der Waals surface area contributed by atoms with E-state index in [-0.39, 0.29) is 23.5 Å². The van der Waals surface area contributed by atoms with Gasteiger partial charge in [0.1, 0.15) is 11.3 Å². The minimum absolute atomic E-state index is 0.00120. The summed E-state index contributed by atoms with van der Waals surface area (Å²) < 4.78 is 4.85. The third kappa shape index (κ3) is 5.88. The molecule has 0 aromatic carbocycles. The van der Waals surface area contributed by atoms with Crippen LogP contribution in [0.5, 0.6) is 0 Å². The van der Waals surface area contributed by atoms with E-state index in [4.69, 9.17) is 10.5 Å². The molecular weight excluding hydrogens is 434 g/mol. The average Bonchev–Trinajstić information content (AvgIpc) is 2.79. The second-order valence-corrected chi connectivity index (χ2v) is 10.1. The normalized spacial score (nSPS) is 32.1. The van der Waals surface area contributed by atoms with E-state index in [1.165, 1.54) is 0 Å². The molecule has 0 radical (unpaired) electrons. The maximum atomic E-state index is 13.0. The number of Topliss-reactive ketones (excluding diaryl/α,β-unsaturated/α-hetero) is 1. The molecule has 7 atom stereocenters. The van der Waals surface area contributed by atoms with Crippen molar-refractivity contribution in [2.24, 2.45) is 34.8 Å². The zero-order valence-electron chi connectivity index (χ0n) is 21.0. The standard InChI is InChI=1S/C27H41NO6/c1-16-11-12-21-19(13-16)14-17(2)20(10-8-6-7-9-18(3)30)27(21,4)25(32)23(26(33)34-5)24(31)22(28)15-29/h6-8,10,14,16,18-22,29-30,32H,9,11-13,15,28H2,1-5H3/b7-6+,10-8+,25-23+/t16-,18-,19-,20+,21+,22+,27+/m0/s1. The highest BCUT2D eigenvalue weighted by atomic mass is 16.5. The molecule has 1 saturated carbocycles. The molecule has 0 aromatic heterocycles. The number of fused-ring (bicyclic) bond motifs is 1. The van der Waals surface area contributed by atoms with Gasteiger partial charge in [-0.15, -0.1) is 0 Å². The van der Waals surface area contributed by atoms with E-state index in [2.05, 4.69) is 13.0 Å². The van der Waals surface area contributed by atoms with Crippen LogP contribution in [0.3, 0.4) is 0 Å². The van der Waals surface area contributed by atoms with Crippen LogP contribution < -0.4 is 5.73 Å². The topological polar surface area (TPSA) is 130 Å². The lowest BCUT2D eigenvalue weighted by Gasteiger charge is -2.52. The molecule has 0 aromatic rings. The van der Waals surface area contributed by atoms with Crippen molar-refractivity contribution < 1.29 is 29.6 Å². The molecule has 7 nitrogen and oxygen atoms in total. The van der Waals surface area contributed by atoms with Crippen molar-refractivity contribution in [1.29, 1.82) is 0 Å². The molecule has 2 aliphatic carbocycles. The molecule has 2 aliphatic rings. The van der Waals surface area contributed by atoms with E-state index in [9.17, 15) is 24.9 Å². The minimum atomic E-state index is -1.33. The number of methoxy groups -OCH3 is 1. The monoisotopic (exact) mass is 475 g/mol. The fraction of sp³-hybridized carbons (Fsp3) is 0.630. The van der Waals surface area contributed by atoms with Gasteiger partial charge in [0.25, 0.3) is 0 Å². The highest BCUT2D eigenvalue weighted by Crippen LogP contribution is 2.57. The van der Waals surface area contributed by atoms with Crippen molar-refractivity contribution in [1.82, 2.24) is 0 Å². The summed E-state index contributed by atoms with van der Waals surface area (Å²) in [5, 5.41) is 30.6. The summed E-state index contributed by atoms with van der Waals surface area (Å²) in [6, 6.07) is -1.33. The zero-order chi connectivity index (χ0) is 25.6. The number of ether oxygens (including phenoxy) is 1. The van der Waals surface area contributed by atoms with Gasteiger partial charge in [-0.1, -0.05) is 56.2 Å². The smallest absolute Gasteiger partial charge is 0.345 e. The van der Waals surface area contributed by atoms with Gasteiger partial charge < -0.3 is 25.8 Å². The molecule has 0 saturated heterocycles. The van der Waals surface area contributed by atoms with Crippen LogP contribution in [0, 0.1) is 29.1 Å². The number of aliphatic hydroxyl groups excluding tert-OH is 3. The van der Waals surface area contributed by atoms with Crippen LogP contribution in [0.15, 0.2) is 47.3 Å². The quantitative estimate of drug-likeness (QED) is 0.0765. The minimum Gasteiger partial charge on any atom is -0.511 e. The largest absolute Gasteiger partial charge is 0.511 e. The molecule has 34 heavy (non-hydrogen) atoms. The van der Waals surface area contributed by atoms with Gasteiger partial charge in [-0.2, -0.15) is 0 Å². The van der Waals surface area contributed by atoms with Gasteiger partial charge in [-0.3, -0.25) is 4.79 Å². The van der Waals surface area contributed by atoms with Gasteiger partial charge in [0.2, 0.25) is 0 Å². The maximum absolute atomic E-state index is 13.0. The first-order valence-electron chi connectivity index (χ1n) is 12.1. The molecule has 0 heterocycles. The van der Waals surface area contributed by atoms with Crippen molar-refractivity contribution in [2.75, 3.05) is 13.7 Å². The summed E-state index contributed by atoms with van der Waals surface area (Å²) in [5.41, 5.74) is 5.38. The van der Waals surface area contributed by atoms with E-state index < -0.39 is 41.5 Å². The molecule has 2 rings (SSSR count). The van der Waals surface area contributed by atoms with Gasteiger partial charge in [-0.25, -0.2) is 4.79 Å². The Labute approximate surface area is 203 Å². The molecule has 5 N–H and O–H groups in total. The Morgan fingerprint density at radius 2 is 2.00 bits per heavy atom. The molecule has 0 unspecified atom stereocenters. The third-order valence-corrected chi connectivity index (χ3v) is 7.49. The maximum Gasteiger partial charge on any atom is 0.345 e. The first-order chi connectivity index (χ1) is 16.0. The fourth-order valence-corrected chi connectivity index (χ4v) is 5.66. The van der Waals surface area contributed by atoms with E-state index >= 15 is 0 Å².